The molecule has 0 saturated heterocycles. The summed E-state index contributed by atoms with van der Waals surface area (Å²) in [7, 11) is 1.59. The first-order valence-electron chi connectivity index (χ1n) is 10.5. The monoisotopic (exact) mass is 480 g/mol. The van der Waals surface area contributed by atoms with Gasteiger partial charge in [0.2, 0.25) is 11.8 Å². The Hall–Kier alpha value is -2.45. The molecule has 0 fully saturated rings. The summed E-state index contributed by atoms with van der Waals surface area (Å²) in [6.45, 7) is 6.76. The number of nitrogens with one attached hydrogen (secondary N) is 4. The first-order chi connectivity index (χ1) is 15.9. The fourth-order valence-corrected chi connectivity index (χ4v) is 1.60. The Morgan fingerprint density at radius 1 is 0.879 bits per heavy atom. The minimum atomic E-state index is -0.822. The molecule has 0 atom stereocenters. The Kier molecular flexibility index (Phi) is 33.8. The lowest BCUT2D eigenvalue weighted by Crippen LogP contribution is -2.31. The lowest BCUT2D eigenvalue weighted by molar-refractivity contribution is -0.136. The third kappa shape index (κ3) is 40.4. The first-order valence-corrected chi connectivity index (χ1v) is 10.5. The zero-order valence-corrected chi connectivity index (χ0v) is 19.9. The average molecular weight is 481 g/mol. The Balaban J connectivity index is -0.000000842. The number of hydrogen-bond acceptors (Lipinski definition) is 10. The highest BCUT2D eigenvalue weighted by molar-refractivity contribution is 5.77. The molecule has 2 amide bonds. The van der Waals surface area contributed by atoms with Gasteiger partial charge in [0.05, 0.1) is 52.8 Å². The van der Waals surface area contributed by atoms with Gasteiger partial charge in [-0.3, -0.25) is 14.4 Å². The van der Waals surface area contributed by atoms with Gasteiger partial charge in [0.15, 0.2) is 0 Å². The number of carbonyl (C=O) groups is 4. The number of hydrogen-bond donors (Lipinski definition) is 5. The summed E-state index contributed by atoms with van der Waals surface area (Å²) in [5.74, 6) is -1.04. The Morgan fingerprint density at radius 3 is 1.79 bits per heavy atom. The molecule has 0 bridgehead atoms. The number of carbonyl (C=O) groups excluding carboxylic acids is 3. The number of likely N-dealkylation sites (N-methyl/N-ethyl adjacent to an activating group) is 1. The van der Waals surface area contributed by atoms with Crippen molar-refractivity contribution < 1.29 is 43.2 Å². The molecule has 0 aromatic rings. The summed E-state index contributed by atoms with van der Waals surface area (Å²) in [4.78, 5) is 40.7. The zero-order valence-electron chi connectivity index (χ0n) is 19.9. The van der Waals surface area contributed by atoms with Crippen LogP contribution in [0.4, 0.5) is 0 Å². The minimum Gasteiger partial charge on any atom is -0.480 e. The molecule has 0 radical (unpaired) electrons. The van der Waals surface area contributed by atoms with Gasteiger partial charge in [-0.25, -0.2) is 0 Å². The SMILES string of the molecule is CC=O.CCC(=O)NCCOCCOCC(=O)NCCOCCOCC=N.CNCC(=O)O. The molecule has 0 saturated carbocycles. The fourth-order valence-electron chi connectivity index (χ4n) is 1.60. The highest BCUT2D eigenvalue weighted by Crippen LogP contribution is 1.81. The van der Waals surface area contributed by atoms with Gasteiger partial charge in [0.25, 0.3) is 0 Å². The molecule has 0 unspecified atom stereocenters. The maximum Gasteiger partial charge on any atom is 0.317 e. The summed E-state index contributed by atoms with van der Waals surface area (Å²) in [5.41, 5.74) is 0. The molecule has 0 rings (SSSR count). The lowest BCUT2D eigenvalue weighted by Gasteiger charge is -2.08. The van der Waals surface area contributed by atoms with Crippen molar-refractivity contribution >= 4 is 30.3 Å². The van der Waals surface area contributed by atoms with Gasteiger partial charge in [0.1, 0.15) is 12.9 Å². The number of ether oxygens (including phenoxy) is 4. The van der Waals surface area contributed by atoms with Crippen LogP contribution in [-0.4, -0.2) is 115 Å². The van der Waals surface area contributed by atoms with E-state index >= 15 is 0 Å². The second-order valence-corrected chi connectivity index (χ2v) is 5.77. The fraction of sp³-hybridized carbons (Fsp3) is 0.750. The van der Waals surface area contributed by atoms with Gasteiger partial charge in [-0.15, -0.1) is 0 Å². The van der Waals surface area contributed by atoms with Gasteiger partial charge < -0.3 is 50.2 Å². The van der Waals surface area contributed by atoms with Crippen LogP contribution in [0.2, 0.25) is 0 Å². The molecule has 13 nitrogen and oxygen atoms in total. The highest BCUT2D eigenvalue weighted by atomic mass is 16.5. The van der Waals surface area contributed by atoms with Crippen LogP contribution in [0.15, 0.2) is 0 Å². The van der Waals surface area contributed by atoms with Crippen LogP contribution in [0.25, 0.3) is 0 Å². The molecule has 0 aromatic carbocycles. The van der Waals surface area contributed by atoms with E-state index in [2.05, 4.69) is 16.0 Å². The molecule has 5 N–H and O–H groups in total. The third-order valence-corrected chi connectivity index (χ3v) is 2.96. The molecule has 0 heterocycles. The van der Waals surface area contributed by atoms with Gasteiger partial charge in [0, 0.05) is 25.7 Å². The zero-order chi connectivity index (χ0) is 25.6. The molecule has 0 spiro atoms. The maximum absolute atomic E-state index is 11.4. The lowest BCUT2D eigenvalue weighted by atomic mass is 10.4. The highest BCUT2D eigenvalue weighted by Gasteiger charge is 2.01. The number of aldehydes is 1. The van der Waals surface area contributed by atoms with Gasteiger partial charge >= 0.3 is 5.97 Å². The number of rotatable bonds is 19. The molecule has 33 heavy (non-hydrogen) atoms. The Bertz CT molecular complexity index is 494. The van der Waals surface area contributed by atoms with Crippen molar-refractivity contribution in [1.29, 1.82) is 5.41 Å². The molecular formula is C20H40N4O9. The van der Waals surface area contributed by atoms with Crippen LogP contribution in [0.3, 0.4) is 0 Å². The van der Waals surface area contributed by atoms with E-state index in [0.717, 1.165) is 6.29 Å². The third-order valence-electron chi connectivity index (χ3n) is 2.96. The maximum atomic E-state index is 11.4. The van der Waals surface area contributed by atoms with Crippen molar-refractivity contribution in [3.63, 3.8) is 0 Å². The van der Waals surface area contributed by atoms with Crippen molar-refractivity contribution in [1.82, 2.24) is 16.0 Å². The van der Waals surface area contributed by atoms with Crippen LogP contribution in [0.5, 0.6) is 0 Å². The normalized spacial score (nSPS) is 9.42. The van der Waals surface area contributed by atoms with E-state index in [0.29, 0.717) is 59.2 Å². The summed E-state index contributed by atoms with van der Waals surface area (Å²) in [6, 6.07) is 0. The molecule has 13 heteroatoms. The number of carboxylic acid groups (broad SMARTS) is 1. The largest absolute Gasteiger partial charge is 0.480 e. The van der Waals surface area contributed by atoms with Crippen LogP contribution in [-0.2, 0) is 38.1 Å². The van der Waals surface area contributed by atoms with E-state index in [1.54, 1.807) is 14.0 Å². The first kappa shape index (κ1) is 35.1. The summed E-state index contributed by atoms with van der Waals surface area (Å²) in [6.07, 6.45) is 2.39. The number of aliphatic carboxylic acids is 1. The summed E-state index contributed by atoms with van der Waals surface area (Å²) >= 11 is 0. The van der Waals surface area contributed by atoms with E-state index in [4.69, 9.17) is 34.3 Å². The van der Waals surface area contributed by atoms with Crippen molar-refractivity contribution in [2.24, 2.45) is 0 Å². The van der Waals surface area contributed by atoms with Gasteiger partial charge in [-0.05, 0) is 14.0 Å². The van der Waals surface area contributed by atoms with E-state index in [1.165, 1.54) is 13.1 Å². The summed E-state index contributed by atoms with van der Waals surface area (Å²) < 4.78 is 20.7. The molecule has 0 aromatic heterocycles. The average Bonchev–Trinajstić information content (AvgIpc) is 2.78. The van der Waals surface area contributed by atoms with E-state index in [9.17, 15) is 14.4 Å². The Labute approximate surface area is 195 Å². The molecule has 0 aliphatic carbocycles. The van der Waals surface area contributed by atoms with Crippen LogP contribution < -0.4 is 16.0 Å². The second-order valence-electron chi connectivity index (χ2n) is 5.77. The van der Waals surface area contributed by atoms with Crippen molar-refractivity contribution in [2.45, 2.75) is 20.3 Å². The molecule has 0 aliphatic heterocycles. The van der Waals surface area contributed by atoms with Gasteiger partial charge in [-0.2, -0.15) is 0 Å². The van der Waals surface area contributed by atoms with E-state index < -0.39 is 5.97 Å². The van der Waals surface area contributed by atoms with Crippen molar-refractivity contribution in [2.75, 3.05) is 79.5 Å². The summed E-state index contributed by atoms with van der Waals surface area (Å²) in [5, 5.41) is 22.4. The quantitative estimate of drug-likeness (QED) is 0.0858. The molecule has 0 aliphatic rings. The van der Waals surface area contributed by atoms with Crippen LogP contribution in [0, 0.1) is 5.41 Å². The van der Waals surface area contributed by atoms with Crippen LogP contribution >= 0.6 is 0 Å². The second kappa shape index (κ2) is 31.7. The standard InChI is InChI=1S/C15H29N3O6.C3H7NO2.C2H4O/c1-2-14(19)17-4-7-23-11-12-24-13-15(20)18-5-8-22-10-9-21-6-3-16;1-4-2-3(5)6;1-2-3/h3,16H,2,4-13H2,1H3,(H,17,19)(H,18,20);4H,2H2,1H3,(H,5,6);2H,1H3. The number of amides is 2. The number of carboxylic acids is 1. The topological polar surface area (TPSA) is 185 Å². The van der Waals surface area contributed by atoms with Gasteiger partial charge in [-0.1, -0.05) is 6.92 Å². The predicted octanol–water partition coefficient (Wildman–Crippen LogP) is -1.16. The molecular weight excluding hydrogens is 440 g/mol. The van der Waals surface area contributed by atoms with E-state index in [1.807, 2.05) is 0 Å². The predicted molar refractivity (Wildman–Crippen MR) is 122 cm³/mol. The van der Waals surface area contributed by atoms with E-state index in [-0.39, 0.29) is 31.6 Å². The van der Waals surface area contributed by atoms with Crippen molar-refractivity contribution in [3.05, 3.63) is 0 Å². The Morgan fingerprint density at radius 2 is 1.36 bits per heavy atom. The minimum absolute atomic E-state index is 0.00519. The molecule has 194 valence electrons. The van der Waals surface area contributed by atoms with Crippen molar-refractivity contribution in [3.8, 4) is 0 Å². The smallest absolute Gasteiger partial charge is 0.317 e. The van der Waals surface area contributed by atoms with Crippen LogP contribution in [0.1, 0.15) is 20.3 Å².